The van der Waals surface area contributed by atoms with Crippen LogP contribution >= 0.6 is 0 Å². The summed E-state index contributed by atoms with van der Waals surface area (Å²) < 4.78 is 17.2. The number of piperazine rings is 1. The second kappa shape index (κ2) is 8.37. The Bertz CT molecular complexity index is 1220. The zero-order valence-electron chi connectivity index (χ0n) is 17.6. The molecular formula is C21H25FN6O3. The van der Waals surface area contributed by atoms with Gasteiger partial charge >= 0.3 is 5.69 Å². The summed E-state index contributed by atoms with van der Waals surface area (Å²) in [6, 6.07) is 6.39. The standard InChI is InChI=1S/C21H25FN6O3/c1-24-19-18(20(30)25(2)21(24)31)28(14-23-19)9-3-4-17(29)27-12-10-26(11-13-27)16-7-5-15(22)6-8-16/h5-8,14H,3-4,9-13H2,1-2H3. The van der Waals surface area contributed by atoms with Crippen molar-refractivity contribution < 1.29 is 9.18 Å². The van der Waals surface area contributed by atoms with Gasteiger partial charge in [0.2, 0.25) is 5.91 Å². The van der Waals surface area contributed by atoms with Crippen molar-refractivity contribution in [1.29, 1.82) is 0 Å². The summed E-state index contributed by atoms with van der Waals surface area (Å²) in [6.07, 6.45) is 2.47. The van der Waals surface area contributed by atoms with Crippen molar-refractivity contribution >= 4 is 22.8 Å². The van der Waals surface area contributed by atoms with Gasteiger partial charge in [-0.3, -0.25) is 18.7 Å². The van der Waals surface area contributed by atoms with Gasteiger partial charge in [-0.15, -0.1) is 0 Å². The number of hydrogen-bond acceptors (Lipinski definition) is 5. The third-order valence-electron chi connectivity index (χ3n) is 5.83. The van der Waals surface area contributed by atoms with Gasteiger partial charge in [0.05, 0.1) is 6.33 Å². The van der Waals surface area contributed by atoms with Crippen molar-refractivity contribution in [3.05, 3.63) is 57.2 Å². The number of hydrogen-bond donors (Lipinski definition) is 0. The van der Waals surface area contributed by atoms with Gasteiger partial charge in [-0.05, 0) is 30.7 Å². The highest BCUT2D eigenvalue weighted by Gasteiger charge is 2.21. The molecule has 2 aromatic heterocycles. The van der Waals surface area contributed by atoms with Crippen LogP contribution in [0.4, 0.5) is 10.1 Å². The number of carbonyl (C=O) groups is 1. The predicted octanol–water partition coefficient (Wildman–Crippen LogP) is 0.702. The average molecular weight is 428 g/mol. The fourth-order valence-corrected chi connectivity index (χ4v) is 3.99. The van der Waals surface area contributed by atoms with E-state index in [1.54, 1.807) is 23.7 Å². The number of imidazole rings is 1. The van der Waals surface area contributed by atoms with Crippen molar-refractivity contribution in [1.82, 2.24) is 23.6 Å². The maximum atomic E-state index is 13.1. The minimum Gasteiger partial charge on any atom is -0.368 e. The molecule has 0 unspecified atom stereocenters. The molecule has 1 aromatic carbocycles. The molecule has 0 bridgehead atoms. The summed E-state index contributed by atoms with van der Waals surface area (Å²) in [5.41, 5.74) is 0.856. The monoisotopic (exact) mass is 428 g/mol. The van der Waals surface area contributed by atoms with Gasteiger partial charge in [0.25, 0.3) is 5.56 Å². The van der Waals surface area contributed by atoms with E-state index in [1.165, 1.54) is 30.1 Å². The Balaban J connectivity index is 1.34. The predicted molar refractivity (Wildman–Crippen MR) is 115 cm³/mol. The lowest BCUT2D eigenvalue weighted by molar-refractivity contribution is -0.131. The molecule has 0 spiro atoms. The molecule has 9 nitrogen and oxygen atoms in total. The van der Waals surface area contributed by atoms with Crippen LogP contribution in [0.1, 0.15) is 12.8 Å². The molecule has 1 fully saturated rings. The molecule has 0 N–H and O–H groups in total. The third-order valence-corrected chi connectivity index (χ3v) is 5.83. The number of aryl methyl sites for hydroxylation is 2. The zero-order valence-corrected chi connectivity index (χ0v) is 17.6. The number of nitrogens with zero attached hydrogens (tertiary/aromatic N) is 6. The molecule has 0 atom stereocenters. The second-order valence-corrected chi connectivity index (χ2v) is 7.76. The first-order valence-electron chi connectivity index (χ1n) is 10.3. The van der Waals surface area contributed by atoms with Gasteiger partial charge in [0.1, 0.15) is 5.82 Å². The van der Waals surface area contributed by atoms with Crippen molar-refractivity contribution in [3.8, 4) is 0 Å². The summed E-state index contributed by atoms with van der Waals surface area (Å²) >= 11 is 0. The molecule has 3 aromatic rings. The molecular weight excluding hydrogens is 403 g/mol. The van der Waals surface area contributed by atoms with Gasteiger partial charge in [-0.1, -0.05) is 0 Å². The molecule has 4 rings (SSSR count). The molecule has 0 aliphatic carbocycles. The van der Waals surface area contributed by atoms with Crippen LogP contribution in [0, 0.1) is 5.82 Å². The molecule has 1 aliphatic rings. The Morgan fingerprint density at radius 1 is 1.03 bits per heavy atom. The largest absolute Gasteiger partial charge is 0.368 e. The van der Waals surface area contributed by atoms with E-state index in [0.717, 1.165) is 10.3 Å². The van der Waals surface area contributed by atoms with Gasteiger partial charge in [-0.2, -0.15) is 0 Å². The van der Waals surface area contributed by atoms with E-state index in [1.807, 2.05) is 4.90 Å². The fraction of sp³-hybridized carbons (Fsp3) is 0.429. The zero-order chi connectivity index (χ0) is 22.1. The average Bonchev–Trinajstić information content (AvgIpc) is 3.21. The Labute approximate surface area is 177 Å². The van der Waals surface area contributed by atoms with Crippen LogP contribution < -0.4 is 16.1 Å². The summed E-state index contributed by atoms with van der Waals surface area (Å²) in [5, 5.41) is 0. The van der Waals surface area contributed by atoms with Crippen LogP contribution in [0.5, 0.6) is 0 Å². The minimum absolute atomic E-state index is 0.0727. The number of anilines is 1. The molecule has 3 heterocycles. The van der Waals surface area contributed by atoms with Crippen LogP contribution in [0.3, 0.4) is 0 Å². The van der Waals surface area contributed by atoms with Crippen LogP contribution in [0.2, 0.25) is 0 Å². The Morgan fingerprint density at radius 2 is 1.71 bits per heavy atom. The number of benzene rings is 1. The highest BCUT2D eigenvalue weighted by Crippen LogP contribution is 2.17. The second-order valence-electron chi connectivity index (χ2n) is 7.76. The summed E-state index contributed by atoms with van der Waals surface area (Å²) in [7, 11) is 3.02. The molecule has 10 heteroatoms. The summed E-state index contributed by atoms with van der Waals surface area (Å²) in [6.45, 7) is 3.10. The number of halogens is 1. The van der Waals surface area contributed by atoms with Crippen molar-refractivity contribution in [2.75, 3.05) is 31.1 Å². The van der Waals surface area contributed by atoms with Crippen LogP contribution in [0.15, 0.2) is 40.2 Å². The van der Waals surface area contributed by atoms with E-state index in [4.69, 9.17) is 0 Å². The first-order valence-corrected chi connectivity index (χ1v) is 10.3. The Kier molecular flexibility index (Phi) is 5.62. The SMILES string of the molecule is Cn1c(=O)c2c(ncn2CCCC(=O)N2CCN(c3ccc(F)cc3)CC2)n(C)c1=O. The fourth-order valence-electron chi connectivity index (χ4n) is 3.99. The molecule has 1 saturated heterocycles. The molecule has 1 amide bonds. The third kappa shape index (κ3) is 3.97. The lowest BCUT2D eigenvalue weighted by Crippen LogP contribution is -2.48. The van der Waals surface area contributed by atoms with Crippen molar-refractivity contribution in [2.45, 2.75) is 19.4 Å². The number of rotatable bonds is 5. The van der Waals surface area contributed by atoms with E-state index in [9.17, 15) is 18.8 Å². The quantitative estimate of drug-likeness (QED) is 0.597. The number of carbonyl (C=O) groups excluding carboxylic acids is 1. The highest BCUT2D eigenvalue weighted by atomic mass is 19.1. The maximum absolute atomic E-state index is 13.1. The molecule has 0 saturated carbocycles. The summed E-state index contributed by atoms with van der Waals surface area (Å²) in [4.78, 5) is 45.3. The smallest absolute Gasteiger partial charge is 0.332 e. The van der Waals surface area contributed by atoms with Gasteiger partial charge in [-0.25, -0.2) is 14.2 Å². The van der Waals surface area contributed by atoms with Gasteiger partial charge < -0.3 is 14.4 Å². The maximum Gasteiger partial charge on any atom is 0.332 e. The normalized spacial score (nSPS) is 14.4. The Morgan fingerprint density at radius 3 is 2.39 bits per heavy atom. The van der Waals surface area contributed by atoms with Crippen molar-refractivity contribution in [3.63, 3.8) is 0 Å². The molecule has 1 aliphatic heterocycles. The van der Waals surface area contributed by atoms with Crippen LogP contribution in [-0.2, 0) is 25.4 Å². The molecule has 164 valence electrons. The van der Waals surface area contributed by atoms with Crippen LogP contribution in [0.25, 0.3) is 11.2 Å². The first-order chi connectivity index (χ1) is 14.9. The lowest BCUT2D eigenvalue weighted by atomic mass is 10.2. The van der Waals surface area contributed by atoms with E-state index >= 15 is 0 Å². The Hall–Kier alpha value is -3.43. The molecule has 31 heavy (non-hydrogen) atoms. The van der Waals surface area contributed by atoms with E-state index < -0.39 is 5.69 Å². The molecule has 0 radical (unpaired) electrons. The van der Waals surface area contributed by atoms with E-state index in [2.05, 4.69) is 9.88 Å². The summed E-state index contributed by atoms with van der Waals surface area (Å²) in [5.74, 6) is -0.188. The van der Waals surface area contributed by atoms with Gasteiger partial charge in [0, 0.05) is 58.9 Å². The number of fused-ring (bicyclic) bond motifs is 1. The number of aromatic nitrogens is 4. The van der Waals surface area contributed by atoms with Crippen LogP contribution in [-0.4, -0.2) is 55.7 Å². The van der Waals surface area contributed by atoms with Crippen molar-refractivity contribution in [2.24, 2.45) is 14.1 Å². The topological polar surface area (TPSA) is 85.4 Å². The first kappa shape index (κ1) is 20.8. The minimum atomic E-state index is -0.419. The number of amides is 1. The van der Waals surface area contributed by atoms with E-state index in [-0.39, 0.29) is 17.3 Å². The highest BCUT2D eigenvalue weighted by molar-refractivity contribution is 5.76. The van der Waals surface area contributed by atoms with E-state index in [0.29, 0.717) is 56.7 Å². The van der Waals surface area contributed by atoms with Gasteiger partial charge in [0.15, 0.2) is 11.2 Å². The lowest BCUT2D eigenvalue weighted by Gasteiger charge is -2.36.